The van der Waals surface area contributed by atoms with Crippen molar-refractivity contribution in [2.75, 3.05) is 44.7 Å². The van der Waals surface area contributed by atoms with Gasteiger partial charge in [0.05, 0.1) is 11.5 Å². The molecule has 0 aliphatic carbocycles. The summed E-state index contributed by atoms with van der Waals surface area (Å²) in [6, 6.07) is 0.127. The molecule has 0 aromatic carbocycles. The lowest BCUT2D eigenvalue weighted by Crippen LogP contribution is -2.55. The van der Waals surface area contributed by atoms with E-state index in [0.717, 1.165) is 39.0 Å². The SMILES string of the molecule is CN1CCN(NC2CCCS(=O)(=O)C2)CC1. The molecule has 0 radical (unpaired) electrons. The first-order valence-electron chi connectivity index (χ1n) is 5.95. The van der Waals surface area contributed by atoms with Crippen molar-refractivity contribution in [3.05, 3.63) is 0 Å². The van der Waals surface area contributed by atoms with Gasteiger partial charge in [-0.25, -0.2) is 13.4 Å². The zero-order valence-corrected chi connectivity index (χ0v) is 10.7. The first-order valence-corrected chi connectivity index (χ1v) is 7.77. The van der Waals surface area contributed by atoms with Gasteiger partial charge in [-0.3, -0.25) is 5.43 Å². The number of piperazine rings is 1. The molecule has 2 aliphatic heterocycles. The van der Waals surface area contributed by atoms with Gasteiger partial charge in [0.25, 0.3) is 0 Å². The van der Waals surface area contributed by atoms with Crippen molar-refractivity contribution < 1.29 is 8.42 Å². The van der Waals surface area contributed by atoms with Crippen molar-refractivity contribution in [2.24, 2.45) is 0 Å². The molecule has 0 spiro atoms. The standard InChI is InChI=1S/C10H21N3O2S/c1-12-4-6-13(7-5-12)11-10-3-2-8-16(14,15)9-10/h10-11H,2-9H2,1H3. The summed E-state index contributed by atoms with van der Waals surface area (Å²) in [5.41, 5.74) is 3.36. The van der Waals surface area contributed by atoms with Gasteiger partial charge in [-0.15, -0.1) is 0 Å². The van der Waals surface area contributed by atoms with Crippen LogP contribution < -0.4 is 5.43 Å². The van der Waals surface area contributed by atoms with Gasteiger partial charge in [-0.2, -0.15) is 0 Å². The molecule has 0 bridgehead atoms. The third-order valence-corrected chi connectivity index (χ3v) is 5.15. The predicted octanol–water partition coefficient (Wildman–Crippen LogP) is -0.684. The number of rotatable bonds is 2. The average molecular weight is 247 g/mol. The predicted molar refractivity (Wildman–Crippen MR) is 63.9 cm³/mol. The summed E-state index contributed by atoms with van der Waals surface area (Å²) < 4.78 is 23.0. The molecular formula is C10H21N3O2S. The van der Waals surface area contributed by atoms with E-state index in [1.54, 1.807) is 0 Å². The molecule has 0 amide bonds. The highest BCUT2D eigenvalue weighted by atomic mass is 32.2. The molecule has 0 aromatic heterocycles. The second-order valence-electron chi connectivity index (χ2n) is 4.87. The number of likely N-dealkylation sites (N-methyl/N-ethyl adjacent to an activating group) is 1. The van der Waals surface area contributed by atoms with Crippen LogP contribution in [0.5, 0.6) is 0 Å². The molecular weight excluding hydrogens is 226 g/mol. The first kappa shape index (κ1) is 12.3. The lowest BCUT2D eigenvalue weighted by molar-refractivity contribution is 0.0880. The molecule has 2 fully saturated rings. The summed E-state index contributed by atoms with van der Waals surface area (Å²) in [7, 11) is -0.680. The lowest BCUT2D eigenvalue weighted by Gasteiger charge is -2.36. The normalized spacial score (nSPS) is 32.7. The van der Waals surface area contributed by atoms with Crippen molar-refractivity contribution in [3.63, 3.8) is 0 Å². The van der Waals surface area contributed by atoms with E-state index in [-0.39, 0.29) is 6.04 Å². The van der Waals surface area contributed by atoms with Crippen LogP contribution in [0.1, 0.15) is 12.8 Å². The van der Waals surface area contributed by atoms with E-state index in [0.29, 0.717) is 11.5 Å². The Bertz CT molecular complexity index is 323. The van der Waals surface area contributed by atoms with Crippen LogP contribution >= 0.6 is 0 Å². The van der Waals surface area contributed by atoms with Crippen molar-refractivity contribution >= 4 is 9.84 Å². The first-order chi connectivity index (χ1) is 7.55. The highest BCUT2D eigenvalue weighted by molar-refractivity contribution is 7.91. The monoisotopic (exact) mass is 247 g/mol. The minimum Gasteiger partial charge on any atom is -0.304 e. The topological polar surface area (TPSA) is 52.6 Å². The third kappa shape index (κ3) is 3.41. The summed E-state index contributed by atoms with van der Waals surface area (Å²) >= 11 is 0. The van der Waals surface area contributed by atoms with Crippen LogP contribution in [-0.4, -0.2) is 69.1 Å². The van der Waals surface area contributed by atoms with Crippen LogP contribution in [0.2, 0.25) is 0 Å². The fraction of sp³-hybridized carbons (Fsp3) is 1.00. The molecule has 1 N–H and O–H groups in total. The Morgan fingerprint density at radius 2 is 1.88 bits per heavy atom. The van der Waals surface area contributed by atoms with Gasteiger partial charge < -0.3 is 4.90 Å². The zero-order valence-electron chi connectivity index (χ0n) is 9.85. The maximum Gasteiger partial charge on any atom is 0.151 e. The molecule has 2 aliphatic rings. The van der Waals surface area contributed by atoms with Gasteiger partial charge >= 0.3 is 0 Å². The molecule has 1 unspecified atom stereocenters. The highest BCUT2D eigenvalue weighted by Gasteiger charge is 2.26. The Labute approximate surface area is 97.7 Å². The molecule has 16 heavy (non-hydrogen) atoms. The van der Waals surface area contributed by atoms with Crippen molar-refractivity contribution in [2.45, 2.75) is 18.9 Å². The average Bonchev–Trinajstić information content (AvgIpc) is 2.20. The van der Waals surface area contributed by atoms with E-state index in [1.165, 1.54) is 0 Å². The van der Waals surface area contributed by atoms with Crippen LogP contribution in [-0.2, 0) is 9.84 Å². The summed E-state index contributed by atoms with van der Waals surface area (Å²) in [6.07, 6.45) is 1.78. The van der Waals surface area contributed by atoms with E-state index in [1.807, 2.05) is 0 Å². The number of hydrogen-bond acceptors (Lipinski definition) is 5. The van der Waals surface area contributed by atoms with Gasteiger partial charge in [0.2, 0.25) is 0 Å². The Morgan fingerprint density at radius 1 is 1.19 bits per heavy atom. The number of hydrazine groups is 1. The maximum absolute atomic E-state index is 11.5. The molecule has 0 aromatic rings. The zero-order chi connectivity index (χ0) is 11.6. The summed E-state index contributed by atoms with van der Waals surface area (Å²) in [4.78, 5) is 2.29. The second kappa shape index (κ2) is 5.00. The van der Waals surface area contributed by atoms with Gasteiger partial charge in [-0.05, 0) is 19.9 Å². The fourth-order valence-corrected chi connectivity index (χ4v) is 3.95. The number of hydrogen-bond donors (Lipinski definition) is 1. The molecule has 2 saturated heterocycles. The molecule has 6 heteroatoms. The molecule has 0 saturated carbocycles. The quantitative estimate of drug-likeness (QED) is 0.700. The highest BCUT2D eigenvalue weighted by Crippen LogP contribution is 2.12. The van der Waals surface area contributed by atoms with Crippen molar-refractivity contribution in [3.8, 4) is 0 Å². The fourth-order valence-electron chi connectivity index (χ4n) is 2.32. The lowest BCUT2D eigenvalue weighted by atomic mass is 10.2. The number of nitrogens with one attached hydrogen (secondary N) is 1. The summed E-state index contributed by atoms with van der Waals surface area (Å²) in [5.74, 6) is 0.674. The van der Waals surface area contributed by atoms with Crippen LogP contribution in [0, 0.1) is 0 Å². The van der Waals surface area contributed by atoms with Gasteiger partial charge in [0.1, 0.15) is 0 Å². The Morgan fingerprint density at radius 3 is 2.50 bits per heavy atom. The van der Waals surface area contributed by atoms with E-state index in [9.17, 15) is 8.42 Å². The van der Waals surface area contributed by atoms with Crippen molar-refractivity contribution in [1.29, 1.82) is 0 Å². The molecule has 1 atom stereocenters. The Hall–Kier alpha value is -0.170. The van der Waals surface area contributed by atoms with E-state index >= 15 is 0 Å². The number of sulfone groups is 1. The van der Waals surface area contributed by atoms with E-state index in [4.69, 9.17) is 0 Å². The molecule has 5 nitrogen and oxygen atoms in total. The van der Waals surface area contributed by atoms with Gasteiger partial charge in [-0.1, -0.05) is 0 Å². The van der Waals surface area contributed by atoms with Crippen LogP contribution in [0.15, 0.2) is 0 Å². The van der Waals surface area contributed by atoms with E-state index < -0.39 is 9.84 Å². The van der Waals surface area contributed by atoms with Crippen LogP contribution in [0.4, 0.5) is 0 Å². The van der Waals surface area contributed by atoms with Crippen LogP contribution in [0.3, 0.4) is 0 Å². The Kier molecular flexibility index (Phi) is 3.84. The maximum atomic E-state index is 11.5. The summed E-state index contributed by atoms with van der Waals surface area (Å²) in [6.45, 7) is 4.05. The number of nitrogens with zero attached hydrogens (tertiary/aromatic N) is 2. The summed E-state index contributed by atoms with van der Waals surface area (Å²) in [5, 5.41) is 2.17. The van der Waals surface area contributed by atoms with Crippen LogP contribution in [0.25, 0.3) is 0 Å². The molecule has 2 heterocycles. The molecule has 94 valence electrons. The molecule has 2 rings (SSSR count). The minimum absolute atomic E-state index is 0.127. The smallest absolute Gasteiger partial charge is 0.151 e. The minimum atomic E-state index is -2.79. The third-order valence-electron chi connectivity index (χ3n) is 3.33. The van der Waals surface area contributed by atoms with Crippen molar-refractivity contribution in [1.82, 2.24) is 15.3 Å². The Balaban J connectivity index is 1.81. The second-order valence-corrected chi connectivity index (χ2v) is 7.10. The van der Waals surface area contributed by atoms with Gasteiger partial charge in [0, 0.05) is 32.2 Å². The van der Waals surface area contributed by atoms with E-state index in [2.05, 4.69) is 22.4 Å². The van der Waals surface area contributed by atoms with Gasteiger partial charge in [0.15, 0.2) is 9.84 Å². The largest absolute Gasteiger partial charge is 0.304 e.